The summed E-state index contributed by atoms with van der Waals surface area (Å²) in [6.45, 7) is 14.7. The highest BCUT2D eigenvalue weighted by molar-refractivity contribution is 5.77. The molecule has 1 unspecified atom stereocenters. The minimum Gasteiger partial charge on any atom is -0.391 e. The molecule has 4 rings (SSSR count). The summed E-state index contributed by atoms with van der Waals surface area (Å²) in [5, 5.41) is 11.2. The molecule has 32 heavy (non-hydrogen) atoms. The summed E-state index contributed by atoms with van der Waals surface area (Å²) in [6, 6.07) is 12.4. The van der Waals surface area contributed by atoms with Gasteiger partial charge in [-0.15, -0.1) is 0 Å². The van der Waals surface area contributed by atoms with Crippen molar-refractivity contribution in [2.75, 3.05) is 11.4 Å². The van der Waals surface area contributed by atoms with Gasteiger partial charge in [0.05, 0.1) is 24.0 Å². The van der Waals surface area contributed by atoms with E-state index < -0.39 is 6.10 Å². The van der Waals surface area contributed by atoms with E-state index in [0.29, 0.717) is 17.9 Å². The molecular formula is C26H30N4O2. The summed E-state index contributed by atoms with van der Waals surface area (Å²) in [5.74, 6) is 0.427. The van der Waals surface area contributed by atoms with E-state index in [0.717, 1.165) is 22.4 Å². The molecule has 0 aliphatic carbocycles. The fourth-order valence-electron chi connectivity index (χ4n) is 3.99. The van der Waals surface area contributed by atoms with Crippen LogP contribution in [0.15, 0.2) is 46.2 Å². The van der Waals surface area contributed by atoms with Gasteiger partial charge in [-0.3, -0.25) is 4.79 Å². The van der Waals surface area contributed by atoms with E-state index >= 15 is 0 Å². The van der Waals surface area contributed by atoms with Crippen LogP contribution in [0, 0.1) is 13.8 Å². The molecule has 6 nitrogen and oxygen atoms in total. The number of benzene rings is 2. The first-order valence-corrected chi connectivity index (χ1v) is 10.9. The summed E-state index contributed by atoms with van der Waals surface area (Å²) in [7, 11) is 0. The van der Waals surface area contributed by atoms with Crippen LogP contribution in [0.2, 0.25) is 0 Å². The third-order valence-electron chi connectivity index (χ3n) is 5.98. The number of hydrogen-bond acceptors (Lipinski definition) is 5. The minimum absolute atomic E-state index is 0.0858. The molecule has 0 saturated heterocycles. The zero-order valence-corrected chi connectivity index (χ0v) is 19.4. The van der Waals surface area contributed by atoms with Gasteiger partial charge in [0, 0.05) is 6.42 Å². The van der Waals surface area contributed by atoms with Crippen LogP contribution in [0.3, 0.4) is 0 Å². The second-order valence-electron chi connectivity index (χ2n) is 9.64. The molecular weight excluding hydrogens is 400 g/mol. The van der Waals surface area contributed by atoms with E-state index in [1.165, 1.54) is 5.56 Å². The van der Waals surface area contributed by atoms with Crippen LogP contribution in [0.4, 0.5) is 17.2 Å². The van der Waals surface area contributed by atoms with Gasteiger partial charge in [-0.25, -0.2) is 9.98 Å². The normalized spacial score (nSPS) is 13.9. The molecule has 166 valence electrons. The van der Waals surface area contributed by atoms with E-state index in [9.17, 15) is 9.90 Å². The van der Waals surface area contributed by atoms with Crippen molar-refractivity contribution in [1.82, 2.24) is 9.97 Å². The number of H-pyrrole nitrogens is 1. The fraction of sp³-hybridized carbons (Fsp3) is 0.346. The molecule has 0 amide bonds. The summed E-state index contributed by atoms with van der Waals surface area (Å²) in [5.41, 5.74) is 6.08. The van der Waals surface area contributed by atoms with Gasteiger partial charge in [0.25, 0.3) is 5.56 Å². The maximum atomic E-state index is 12.6. The monoisotopic (exact) mass is 430 g/mol. The maximum absolute atomic E-state index is 12.6. The van der Waals surface area contributed by atoms with Crippen LogP contribution < -0.4 is 21.3 Å². The number of aromatic nitrogens is 2. The zero-order valence-electron chi connectivity index (χ0n) is 19.4. The first kappa shape index (κ1) is 22.0. The Hall–Kier alpha value is -3.25. The van der Waals surface area contributed by atoms with E-state index in [1.807, 2.05) is 30.9 Å². The topological polar surface area (TPSA) is 81.6 Å². The van der Waals surface area contributed by atoms with Crippen molar-refractivity contribution in [2.45, 2.75) is 52.6 Å². The lowest BCUT2D eigenvalue weighted by molar-refractivity contribution is 0.183. The highest BCUT2D eigenvalue weighted by atomic mass is 16.3. The number of hydrogen-bond donors (Lipinski definition) is 2. The molecule has 0 spiro atoms. The number of aliphatic hydroxyl groups is 1. The minimum atomic E-state index is -0.662. The second kappa shape index (κ2) is 8.02. The fourth-order valence-corrected chi connectivity index (χ4v) is 3.99. The molecule has 3 aromatic rings. The number of aromatic amines is 1. The van der Waals surface area contributed by atoms with Gasteiger partial charge in [-0.05, 0) is 53.6 Å². The highest BCUT2D eigenvalue weighted by Crippen LogP contribution is 2.36. The van der Waals surface area contributed by atoms with Crippen molar-refractivity contribution in [2.24, 2.45) is 4.99 Å². The maximum Gasteiger partial charge on any atom is 0.279 e. The number of fused-ring (bicyclic) bond motifs is 2. The highest BCUT2D eigenvalue weighted by Gasteiger charge is 2.25. The van der Waals surface area contributed by atoms with Gasteiger partial charge < -0.3 is 15.0 Å². The number of aliphatic hydroxyl groups excluding tert-OH is 1. The second-order valence-corrected chi connectivity index (χ2v) is 9.64. The Bertz CT molecular complexity index is 1330. The standard InChI is InChI=1S/C26H30N4O2/c1-15-11-21-22(12-16(15)2)30(24-23(29-21)25(32)28-17(3)27-24)14-20(31)13-18-7-9-19(10-8-18)26(4,5)6/h7-12,20,31H,3,13-14H2,1-2,4-6H3,(H,28,32). The Morgan fingerprint density at radius 3 is 2.44 bits per heavy atom. The third kappa shape index (κ3) is 4.23. The molecule has 2 heterocycles. The van der Waals surface area contributed by atoms with Crippen LogP contribution in [0.1, 0.15) is 43.0 Å². The lowest BCUT2D eigenvalue weighted by Crippen LogP contribution is -2.44. The Kier molecular flexibility index (Phi) is 5.51. The summed E-state index contributed by atoms with van der Waals surface area (Å²) < 4.78 is 0. The zero-order chi connectivity index (χ0) is 23.2. The first-order chi connectivity index (χ1) is 15.0. The predicted octanol–water partition coefficient (Wildman–Crippen LogP) is 3.10. The molecule has 0 saturated carbocycles. The van der Waals surface area contributed by atoms with Crippen molar-refractivity contribution in [3.8, 4) is 0 Å². The molecule has 1 aliphatic rings. The van der Waals surface area contributed by atoms with E-state index in [2.05, 4.69) is 66.6 Å². The van der Waals surface area contributed by atoms with Crippen LogP contribution in [0.25, 0.3) is 6.58 Å². The average Bonchev–Trinajstić information content (AvgIpc) is 2.70. The number of nitrogens with one attached hydrogen (secondary N) is 1. The van der Waals surface area contributed by atoms with Gasteiger partial charge >= 0.3 is 0 Å². The Morgan fingerprint density at radius 1 is 1.12 bits per heavy atom. The smallest absolute Gasteiger partial charge is 0.279 e. The van der Waals surface area contributed by atoms with Gasteiger partial charge in [0.15, 0.2) is 11.2 Å². The third-order valence-corrected chi connectivity index (χ3v) is 5.98. The SMILES string of the molecule is C=c1nc2c(c(=O)[nH]1)=Nc1cc(C)c(C)cc1N2CC(O)Cc1ccc(C(C)(C)C)cc1. The van der Waals surface area contributed by atoms with Crippen molar-refractivity contribution < 1.29 is 5.11 Å². The number of nitrogens with zero attached hydrogens (tertiary/aromatic N) is 3. The first-order valence-electron chi connectivity index (χ1n) is 10.9. The van der Waals surface area contributed by atoms with Gasteiger partial charge in [-0.2, -0.15) is 0 Å². The van der Waals surface area contributed by atoms with Crippen LogP contribution in [-0.2, 0) is 11.8 Å². The quantitative estimate of drug-likeness (QED) is 0.666. The lowest BCUT2D eigenvalue weighted by atomic mass is 9.86. The molecule has 2 N–H and O–H groups in total. The molecule has 0 fully saturated rings. The van der Waals surface area contributed by atoms with Crippen molar-refractivity contribution >= 4 is 23.8 Å². The average molecular weight is 431 g/mol. The molecule has 1 atom stereocenters. The largest absolute Gasteiger partial charge is 0.391 e. The molecule has 2 aromatic carbocycles. The van der Waals surface area contributed by atoms with Crippen LogP contribution >= 0.6 is 0 Å². The van der Waals surface area contributed by atoms with Gasteiger partial charge in [0.2, 0.25) is 0 Å². The van der Waals surface area contributed by atoms with E-state index in [-0.39, 0.29) is 28.4 Å². The van der Waals surface area contributed by atoms with Gasteiger partial charge in [0.1, 0.15) is 5.48 Å². The lowest BCUT2D eigenvalue weighted by Gasteiger charge is -2.30. The Labute approximate surface area is 188 Å². The number of anilines is 2. The van der Waals surface area contributed by atoms with Crippen LogP contribution in [0.5, 0.6) is 0 Å². The van der Waals surface area contributed by atoms with E-state index in [1.54, 1.807) is 0 Å². The molecule has 1 aromatic heterocycles. The molecule has 0 bridgehead atoms. The predicted molar refractivity (Wildman–Crippen MR) is 129 cm³/mol. The van der Waals surface area contributed by atoms with Crippen LogP contribution in [-0.4, -0.2) is 27.7 Å². The number of rotatable bonds is 4. The summed E-state index contributed by atoms with van der Waals surface area (Å²) in [6.07, 6.45) is -0.168. The number of aryl methyl sites for hydroxylation is 2. The molecule has 0 radical (unpaired) electrons. The Morgan fingerprint density at radius 2 is 1.78 bits per heavy atom. The van der Waals surface area contributed by atoms with E-state index in [4.69, 9.17) is 0 Å². The van der Waals surface area contributed by atoms with Crippen molar-refractivity contribution in [3.05, 3.63) is 79.8 Å². The molecule has 1 aliphatic heterocycles. The molecule has 6 heteroatoms. The summed E-state index contributed by atoms with van der Waals surface area (Å²) >= 11 is 0. The number of β-amino-alcohol motifs (C(OH)–C–C–N with tert-alkyl or cyclic N) is 1. The van der Waals surface area contributed by atoms with Gasteiger partial charge in [-0.1, -0.05) is 51.6 Å². The van der Waals surface area contributed by atoms with Crippen molar-refractivity contribution in [1.29, 1.82) is 0 Å². The van der Waals surface area contributed by atoms with Crippen molar-refractivity contribution in [3.63, 3.8) is 0 Å². The Balaban J connectivity index is 1.69. The summed E-state index contributed by atoms with van der Waals surface area (Å²) in [4.78, 5) is 26.1.